The summed E-state index contributed by atoms with van der Waals surface area (Å²) >= 11 is 0. The van der Waals surface area contributed by atoms with Crippen LogP contribution in [0.1, 0.15) is 33.2 Å². The molecule has 2 rings (SSSR count). The fourth-order valence-electron chi connectivity index (χ4n) is 1.62. The number of carboxylic acid groups (broad SMARTS) is 1. The molecule has 4 heteroatoms. The summed E-state index contributed by atoms with van der Waals surface area (Å²) in [6.45, 7) is 3.21. The normalized spacial score (nSPS) is 10.6. The molecule has 16 heavy (non-hydrogen) atoms. The van der Waals surface area contributed by atoms with Gasteiger partial charge in [0.25, 0.3) is 0 Å². The minimum Gasteiger partial charge on any atom is -0.478 e. The highest BCUT2D eigenvalue weighted by atomic mass is 16.4. The van der Waals surface area contributed by atoms with Gasteiger partial charge < -0.3 is 9.52 Å². The van der Waals surface area contributed by atoms with Gasteiger partial charge in [-0.05, 0) is 31.5 Å². The Morgan fingerprint density at radius 1 is 1.31 bits per heavy atom. The van der Waals surface area contributed by atoms with Gasteiger partial charge in [-0.1, -0.05) is 0 Å². The van der Waals surface area contributed by atoms with E-state index in [-0.39, 0.29) is 11.3 Å². The summed E-state index contributed by atoms with van der Waals surface area (Å²) in [7, 11) is 0. The molecule has 0 aliphatic rings. The third-order valence-corrected chi connectivity index (χ3v) is 2.50. The van der Waals surface area contributed by atoms with Gasteiger partial charge in [-0.15, -0.1) is 0 Å². The molecule has 0 unspecified atom stereocenters. The molecule has 82 valence electrons. The Morgan fingerprint density at radius 3 is 2.56 bits per heavy atom. The van der Waals surface area contributed by atoms with Gasteiger partial charge >= 0.3 is 5.97 Å². The van der Waals surface area contributed by atoms with Crippen LogP contribution in [0, 0.1) is 6.92 Å². The summed E-state index contributed by atoms with van der Waals surface area (Å²) in [4.78, 5) is 22.3. The Labute approximate surface area is 91.5 Å². The zero-order valence-corrected chi connectivity index (χ0v) is 8.90. The van der Waals surface area contributed by atoms with E-state index >= 15 is 0 Å². The predicted octanol–water partition coefficient (Wildman–Crippen LogP) is 2.64. The Balaban J connectivity index is 2.86. The van der Waals surface area contributed by atoms with Crippen molar-refractivity contribution in [2.75, 3.05) is 0 Å². The fraction of sp³-hybridized carbons (Fsp3) is 0.167. The summed E-state index contributed by atoms with van der Waals surface area (Å²) in [5.74, 6) is -1.26. The van der Waals surface area contributed by atoms with Gasteiger partial charge in [0.05, 0.1) is 6.26 Å². The number of carboxylic acids is 1. The van der Waals surface area contributed by atoms with Crippen LogP contribution in [-0.2, 0) is 0 Å². The number of hydrogen-bond donors (Lipinski definition) is 1. The quantitative estimate of drug-likeness (QED) is 0.787. The summed E-state index contributed by atoms with van der Waals surface area (Å²) in [6.07, 6.45) is 1.49. The summed E-state index contributed by atoms with van der Waals surface area (Å²) in [5, 5.41) is 9.70. The molecule has 0 fully saturated rings. The van der Waals surface area contributed by atoms with E-state index in [1.807, 2.05) is 0 Å². The largest absolute Gasteiger partial charge is 0.478 e. The number of aryl methyl sites for hydroxylation is 1. The van der Waals surface area contributed by atoms with Crippen molar-refractivity contribution in [3.63, 3.8) is 0 Å². The second-order valence-electron chi connectivity index (χ2n) is 3.68. The maximum absolute atomic E-state index is 11.3. The van der Waals surface area contributed by atoms with Gasteiger partial charge in [0.1, 0.15) is 11.1 Å². The molecule has 1 N–H and O–H groups in total. The molecule has 0 aliphatic heterocycles. The van der Waals surface area contributed by atoms with Crippen LogP contribution in [-0.4, -0.2) is 16.9 Å². The van der Waals surface area contributed by atoms with Crippen molar-refractivity contribution in [3.05, 3.63) is 35.1 Å². The van der Waals surface area contributed by atoms with Crippen LogP contribution < -0.4 is 0 Å². The molecule has 4 nitrogen and oxygen atoms in total. The maximum atomic E-state index is 11.3. The van der Waals surface area contributed by atoms with Gasteiger partial charge in [0, 0.05) is 10.9 Å². The lowest BCUT2D eigenvalue weighted by Crippen LogP contribution is -2.01. The van der Waals surface area contributed by atoms with Crippen LogP contribution in [0.4, 0.5) is 0 Å². The van der Waals surface area contributed by atoms with Crippen LogP contribution >= 0.6 is 0 Å². The third kappa shape index (κ3) is 1.48. The highest BCUT2D eigenvalue weighted by Gasteiger charge is 2.16. The smallest absolute Gasteiger partial charge is 0.339 e. The molecule has 1 aromatic heterocycles. The van der Waals surface area contributed by atoms with Gasteiger partial charge in [-0.3, -0.25) is 4.79 Å². The number of ketones is 1. The molecule has 0 aliphatic carbocycles. The van der Waals surface area contributed by atoms with E-state index < -0.39 is 5.97 Å². The lowest BCUT2D eigenvalue weighted by atomic mass is 10.0. The zero-order chi connectivity index (χ0) is 11.9. The van der Waals surface area contributed by atoms with Gasteiger partial charge in [0.2, 0.25) is 0 Å². The van der Waals surface area contributed by atoms with Crippen molar-refractivity contribution < 1.29 is 19.1 Å². The third-order valence-electron chi connectivity index (χ3n) is 2.50. The molecule has 0 bridgehead atoms. The van der Waals surface area contributed by atoms with Crippen molar-refractivity contribution in [3.8, 4) is 0 Å². The van der Waals surface area contributed by atoms with Gasteiger partial charge in [0.15, 0.2) is 5.78 Å². The van der Waals surface area contributed by atoms with E-state index in [2.05, 4.69) is 0 Å². The topological polar surface area (TPSA) is 67.5 Å². The number of aromatic carboxylic acids is 1. The van der Waals surface area contributed by atoms with E-state index in [1.54, 1.807) is 13.0 Å². The van der Waals surface area contributed by atoms with E-state index in [1.165, 1.54) is 19.3 Å². The number of Topliss-reactive ketones (excluding diaryl/α,β-unsaturated/α-hetero) is 1. The van der Waals surface area contributed by atoms with E-state index in [0.717, 1.165) is 5.56 Å². The molecule has 0 saturated carbocycles. The Hall–Kier alpha value is -2.10. The van der Waals surface area contributed by atoms with Crippen LogP contribution in [0.2, 0.25) is 0 Å². The van der Waals surface area contributed by atoms with Crippen LogP contribution in [0.25, 0.3) is 11.0 Å². The molecule has 2 aromatic rings. The molecular formula is C12H10O4. The number of fused-ring (bicyclic) bond motifs is 1. The highest BCUT2D eigenvalue weighted by Crippen LogP contribution is 2.26. The van der Waals surface area contributed by atoms with E-state index in [4.69, 9.17) is 9.52 Å². The monoisotopic (exact) mass is 218 g/mol. The van der Waals surface area contributed by atoms with Crippen molar-refractivity contribution in [2.24, 2.45) is 0 Å². The first-order valence-electron chi connectivity index (χ1n) is 4.77. The second-order valence-corrected chi connectivity index (χ2v) is 3.68. The second kappa shape index (κ2) is 3.48. The highest BCUT2D eigenvalue weighted by molar-refractivity contribution is 6.07. The first kappa shape index (κ1) is 10.4. The van der Waals surface area contributed by atoms with Crippen molar-refractivity contribution >= 4 is 22.7 Å². The first-order chi connectivity index (χ1) is 7.50. The number of carbonyl (C=O) groups excluding carboxylic acids is 1. The number of carbonyl (C=O) groups is 2. The summed E-state index contributed by atoms with van der Waals surface area (Å²) in [5.41, 5.74) is 1.54. The van der Waals surface area contributed by atoms with Gasteiger partial charge in [-0.2, -0.15) is 0 Å². The average Bonchev–Trinajstić information content (AvgIpc) is 2.59. The minimum atomic E-state index is -1.09. The van der Waals surface area contributed by atoms with Crippen molar-refractivity contribution in [1.29, 1.82) is 0 Å². The summed E-state index contributed by atoms with van der Waals surface area (Å²) in [6, 6.07) is 3.00. The molecule has 0 saturated heterocycles. The van der Waals surface area contributed by atoms with Crippen molar-refractivity contribution in [1.82, 2.24) is 0 Å². The van der Waals surface area contributed by atoms with Crippen LogP contribution in [0.3, 0.4) is 0 Å². The number of benzene rings is 1. The van der Waals surface area contributed by atoms with E-state index in [0.29, 0.717) is 16.5 Å². The standard InChI is InChI=1S/C12H10O4/c1-6-5-16-11-9(6)3-8(7(2)13)4-10(11)12(14)15/h3-5H,1-2H3,(H,14,15). The van der Waals surface area contributed by atoms with Crippen LogP contribution in [0.15, 0.2) is 22.8 Å². The summed E-state index contributed by atoms with van der Waals surface area (Å²) < 4.78 is 5.18. The van der Waals surface area contributed by atoms with Crippen LogP contribution in [0.5, 0.6) is 0 Å². The average molecular weight is 218 g/mol. The molecular weight excluding hydrogens is 208 g/mol. The molecule has 0 amide bonds. The van der Waals surface area contributed by atoms with Gasteiger partial charge in [-0.25, -0.2) is 4.79 Å². The number of furan rings is 1. The minimum absolute atomic E-state index is 0.0239. The maximum Gasteiger partial charge on any atom is 0.339 e. The molecule has 0 spiro atoms. The lowest BCUT2D eigenvalue weighted by Gasteiger charge is -2.00. The molecule has 1 heterocycles. The predicted molar refractivity (Wildman–Crippen MR) is 57.9 cm³/mol. The molecule has 0 radical (unpaired) electrons. The Bertz CT molecular complexity index is 592. The lowest BCUT2D eigenvalue weighted by molar-refractivity contribution is 0.0698. The number of rotatable bonds is 2. The SMILES string of the molecule is CC(=O)c1cc(C(=O)O)c2occ(C)c2c1. The fourth-order valence-corrected chi connectivity index (χ4v) is 1.62. The molecule has 0 atom stereocenters. The van der Waals surface area contributed by atoms with Crippen molar-refractivity contribution in [2.45, 2.75) is 13.8 Å². The Morgan fingerprint density at radius 2 is 2.00 bits per heavy atom. The van der Waals surface area contributed by atoms with E-state index in [9.17, 15) is 9.59 Å². The zero-order valence-electron chi connectivity index (χ0n) is 8.90. The number of hydrogen-bond acceptors (Lipinski definition) is 3. The first-order valence-corrected chi connectivity index (χ1v) is 4.77. The Kier molecular flexibility index (Phi) is 2.27. The molecule has 1 aromatic carbocycles.